The normalized spacial score (nSPS) is 15.6. The van der Waals surface area contributed by atoms with Crippen molar-refractivity contribution in [1.82, 2.24) is 10.6 Å². The predicted molar refractivity (Wildman–Crippen MR) is 76.7 cm³/mol. The number of carbonyl (C=O) groups is 1. The highest BCUT2D eigenvalue weighted by molar-refractivity contribution is 5.96. The zero-order chi connectivity index (χ0) is 13.9. The van der Waals surface area contributed by atoms with Gasteiger partial charge in [0.25, 0.3) is 5.91 Å². The molecule has 4 heteroatoms. The molecule has 104 valence electrons. The third-order valence-corrected chi connectivity index (χ3v) is 3.63. The van der Waals surface area contributed by atoms with Gasteiger partial charge in [0, 0.05) is 12.1 Å². The number of benzene rings is 1. The molecule has 2 N–H and O–H groups in total. The molecule has 0 radical (unpaired) electrons. The highest BCUT2D eigenvalue weighted by atomic mass is 16.3. The van der Waals surface area contributed by atoms with Crippen molar-refractivity contribution in [2.45, 2.75) is 19.4 Å². The Bertz CT molecular complexity index is 605. The summed E-state index contributed by atoms with van der Waals surface area (Å²) >= 11 is 0. The van der Waals surface area contributed by atoms with Crippen LogP contribution in [0.1, 0.15) is 40.2 Å². The Labute approximate surface area is 118 Å². The van der Waals surface area contributed by atoms with Crippen LogP contribution in [-0.4, -0.2) is 19.0 Å². The summed E-state index contributed by atoms with van der Waals surface area (Å²) in [4.78, 5) is 11.9. The van der Waals surface area contributed by atoms with Crippen LogP contribution in [0.25, 0.3) is 0 Å². The summed E-state index contributed by atoms with van der Waals surface area (Å²) in [6.07, 6.45) is 2.57. The molecule has 0 saturated heterocycles. The lowest BCUT2D eigenvalue weighted by Gasteiger charge is -2.21. The Balaban J connectivity index is 1.99. The third kappa shape index (κ3) is 2.34. The van der Waals surface area contributed by atoms with E-state index in [0.717, 1.165) is 42.0 Å². The predicted octanol–water partition coefficient (Wildman–Crippen LogP) is 2.26. The molecular formula is C16H18N2O2. The monoisotopic (exact) mass is 270 g/mol. The number of amides is 1. The molecule has 4 nitrogen and oxygen atoms in total. The van der Waals surface area contributed by atoms with Gasteiger partial charge in [-0.2, -0.15) is 0 Å². The van der Waals surface area contributed by atoms with E-state index < -0.39 is 0 Å². The van der Waals surface area contributed by atoms with Gasteiger partial charge in [0.15, 0.2) is 0 Å². The minimum absolute atomic E-state index is 0.0165. The van der Waals surface area contributed by atoms with Gasteiger partial charge in [-0.3, -0.25) is 4.79 Å². The molecule has 0 fully saturated rings. The first-order chi connectivity index (χ1) is 9.79. The van der Waals surface area contributed by atoms with E-state index in [-0.39, 0.29) is 11.9 Å². The van der Waals surface area contributed by atoms with E-state index in [0.29, 0.717) is 0 Å². The van der Waals surface area contributed by atoms with Crippen LogP contribution >= 0.6 is 0 Å². The fourth-order valence-electron chi connectivity index (χ4n) is 2.65. The lowest BCUT2D eigenvalue weighted by atomic mass is 9.94. The zero-order valence-electron chi connectivity index (χ0n) is 11.5. The van der Waals surface area contributed by atoms with E-state index in [4.69, 9.17) is 4.42 Å². The molecule has 3 rings (SSSR count). The number of furan rings is 1. The molecule has 2 heterocycles. The summed E-state index contributed by atoms with van der Waals surface area (Å²) in [5.74, 6) is 0.880. The quantitative estimate of drug-likeness (QED) is 0.896. The molecule has 0 spiro atoms. The Morgan fingerprint density at radius 2 is 2.30 bits per heavy atom. The van der Waals surface area contributed by atoms with Gasteiger partial charge in [0.05, 0.1) is 12.3 Å². The van der Waals surface area contributed by atoms with Gasteiger partial charge in [0.1, 0.15) is 5.76 Å². The Morgan fingerprint density at radius 1 is 1.40 bits per heavy atom. The second-order valence-electron chi connectivity index (χ2n) is 4.93. The van der Waals surface area contributed by atoms with Crippen LogP contribution in [0, 0.1) is 0 Å². The Morgan fingerprint density at radius 3 is 3.05 bits per heavy atom. The summed E-state index contributed by atoms with van der Waals surface area (Å²) in [7, 11) is 0. The molecule has 1 aliphatic rings. The zero-order valence-corrected chi connectivity index (χ0v) is 11.5. The molecule has 1 atom stereocenters. The SMILES string of the molecule is CCNC(c1ccc2c(c1)C(=O)NCC2)c1ccco1. The summed E-state index contributed by atoms with van der Waals surface area (Å²) in [6, 6.07) is 9.91. The Hall–Kier alpha value is -2.07. The van der Waals surface area contributed by atoms with Crippen LogP contribution in [0.3, 0.4) is 0 Å². The number of fused-ring (bicyclic) bond motifs is 1. The van der Waals surface area contributed by atoms with E-state index >= 15 is 0 Å². The van der Waals surface area contributed by atoms with E-state index in [2.05, 4.69) is 29.7 Å². The molecular weight excluding hydrogens is 252 g/mol. The van der Waals surface area contributed by atoms with E-state index in [1.165, 1.54) is 0 Å². The second kappa shape index (κ2) is 5.51. The van der Waals surface area contributed by atoms with Gasteiger partial charge in [0.2, 0.25) is 0 Å². The summed E-state index contributed by atoms with van der Waals surface area (Å²) in [5.41, 5.74) is 2.95. The topological polar surface area (TPSA) is 54.3 Å². The van der Waals surface area contributed by atoms with Crippen LogP contribution in [0.15, 0.2) is 41.0 Å². The van der Waals surface area contributed by atoms with Crippen LogP contribution in [0.2, 0.25) is 0 Å². The van der Waals surface area contributed by atoms with E-state index in [1.54, 1.807) is 6.26 Å². The lowest BCUT2D eigenvalue weighted by molar-refractivity contribution is 0.0946. The molecule has 20 heavy (non-hydrogen) atoms. The largest absolute Gasteiger partial charge is 0.467 e. The maximum Gasteiger partial charge on any atom is 0.251 e. The average molecular weight is 270 g/mol. The van der Waals surface area contributed by atoms with E-state index in [9.17, 15) is 4.79 Å². The van der Waals surface area contributed by atoms with Crippen molar-refractivity contribution >= 4 is 5.91 Å². The van der Waals surface area contributed by atoms with Gasteiger partial charge in [-0.1, -0.05) is 19.1 Å². The number of carbonyl (C=O) groups excluding carboxylic acids is 1. The van der Waals surface area contributed by atoms with Gasteiger partial charge < -0.3 is 15.1 Å². The lowest BCUT2D eigenvalue weighted by Crippen LogP contribution is -2.32. The molecule has 1 unspecified atom stereocenters. The van der Waals surface area contributed by atoms with Crippen molar-refractivity contribution in [1.29, 1.82) is 0 Å². The van der Waals surface area contributed by atoms with Crippen LogP contribution < -0.4 is 10.6 Å². The van der Waals surface area contributed by atoms with Crippen molar-refractivity contribution in [3.05, 3.63) is 59.0 Å². The fourth-order valence-corrected chi connectivity index (χ4v) is 2.65. The van der Waals surface area contributed by atoms with Gasteiger partial charge in [-0.25, -0.2) is 0 Å². The first-order valence-corrected chi connectivity index (χ1v) is 6.97. The van der Waals surface area contributed by atoms with Gasteiger partial charge in [-0.05, 0) is 42.3 Å². The molecule has 0 bridgehead atoms. The van der Waals surface area contributed by atoms with Crippen molar-refractivity contribution in [2.75, 3.05) is 13.1 Å². The van der Waals surface area contributed by atoms with Crippen LogP contribution in [-0.2, 0) is 6.42 Å². The maximum atomic E-state index is 11.9. The fraction of sp³-hybridized carbons (Fsp3) is 0.312. The molecule has 2 aromatic rings. The summed E-state index contributed by atoms with van der Waals surface area (Å²) < 4.78 is 5.51. The molecule has 1 aromatic heterocycles. The number of rotatable bonds is 4. The van der Waals surface area contributed by atoms with Crippen LogP contribution in [0.4, 0.5) is 0 Å². The Kier molecular flexibility index (Phi) is 3.56. The third-order valence-electron chi connectivity index (χ3n) is 3.63. The van der Waals surface area contributed by atoms with Gasteiger partial charge >= 0.3 is 0 Å². The second-order valence-corrected chi connectivity index (χ2v) is 4.93. The minimum Gasteiger partial charge on any atom is -0.467 e. The smallest absolute Gasteiger partial charge is 0.251 e. The van der Waals surface area contributed by atoms with E-state index in [1.807, 2.05) is 18.2 Å². The summed E-state index contributed by atoms with van der Waals surface area (Å²) in [5, 5.41) is 6.29. The van der Waals surface area contributed by atoms with Crippen LogP contribution in [0.5, 0.6) is 0 Å². The molecule has 1 aromatic carbocycles. The van der Waals surface area contributed by atoms with Crippen molar-refractivity contribution in [2.24, 2.45) is 0 Å². The highest BCUT2D eigenvalue weighted by Gasteiger charge is 2.21. The highest BCUT2D eigenvalue weighted by Crippen LogP contribution is 2.25. The number of nitrogens with one attached hydrogen (secondary N) is 2. The number of hydrogen-bond donors (Lipinski definition) is 2. The molecule has 0 saturated carbocycles. The molecule has 0 aliphatic carbocycles. The molecule has 1 aliphatic heterocycles. The summed E-state index contributed by atoms with van der Waals surface area (Å²) in [6.45, 7) is 3.61. The first-order valence-electron chi connectivity index (χ1n) is 6.97. The standard InChI is InChI=1S/C16H18N2O2/c1-2-17-15(14-4-3-9-20-14)12-6-5-11-7-8-18-16(19)13(11)10-12/h3-6,9-10,15,17H,2,7-8H2,1H3,(H,18,19). The van der Waals surface area contributed by atoms with Crippen molar-refractivity contribution in [3.63, 3.8) is 0 Å². The first kappa shape index (κ1) is 12.9. The minimum atomic E-state index is -0.0185. The van der Waals surface area contributed by atoms with Crippen molar-refractivity contribution in [3.8, 4) is 0 Å². The van der Waals surface area contributed by atoms with Crippen molar-refractivity contribution < 1.29 is 9.21 Å². The maximum absolute atomic E-state index is 11.9. The van der Waals surface area contributed by atoms with Gasteiger partial charge in [-0.15, -0.1) is 0 Å². The average Bonchev–Trinajstić information content (AvgIpc) is 2.99. The molecule has 1 amide bonds. The number of hydrogen-bond acceptors (Lipinski definition) is 3.